The molecule has 1 heterocycles. The van der Waals surface area contributed by atoms with Gasteiger partial charge in [0.1, 0.15) is 0 Å². The van der Waals surface area contributed by atoms with Gasteiger partial charge in [-0.3, -0.25) is 4.98 Å². The van der Waals surface area contributed by atoms with Crippen LogP contribution in [0.3, 0.4) is 0 Å². The number of alkyl halides is 3. The Labute approximate surface area is 122 Å². The molecule has 0 atom stereocenters. The van der Waals surface area contributed by atoms with Gasteiger partial charge in [0, 0.05) is 17.3 Å². The zero-order chi connectivity index (χ0) is 15.6. The third-order valence-corrected chi connectivity index (χ3v) is 3.00. The van der Waals surface area contributed by atoms with Crippen LogP contribution in [-0.4, -0.2) is 16.0 Å². The van der Waals surface area contributed by atoms with Crippen molar-refractivity contribution in [1.29, 1.82) is 0 Å². The number of hydrogen-bond donors (Lipinski definition) is 2. The second-order valence-corrected chi connectivity index (χ2v) is 4.53. The van der Waals surface area contributed by atoms with Crippen LogP contribution in [0, 0.1) is 0 Å². The molecule has 0 amide bonds. The SMILES string of the molecule is N/C(=N\O)c1cccc(-c2ncc(C(F)(F)F)cc2Cl)c1. The van der Waals surface area contributed by atoms with Crippen LogP contribution in [0.4, 0.5) is 13.2 Å². The van der Waals surface area contributed by atoms with Crippen molar-refractivity contribution >= 4 is 17.4 Å². The molecule has 0 fully saturated rings. The van der Waals surface area contributed by atoms with Gasteiger partial charge in [0.25, 0.3) is 0 Å². The average Bonchev–Trinajstić information content (AvgIpc) is 2.45. The van der Waals surface area contributed by atoms with E-state index in [-0.39, 0.29) is 16.6 Å². The van der Waals surface area contributed by atoms with Crippen LogP contribution in [0.5, 0.6) is 0 Å². The van der Waals surface area contributed by atoms with E-state index in [9.17, 15) is 13.2 Å². The van der Waals surface area contributed by atoms with Crippen molar-refractivity contribution in [2.75, 3.05) is 0 Å². The van der Waals surface area contributed by atoms with Gasteiger partial charge in [0.2, 0.25) is 0 Å². The Bertz CT molecular complexity index is 701. The predicted molar refractivity (Wildman–Crippen MR) is 72.2 cm³/mol. The van der Waals surface area contributed by atoms with Gasteiger partial charge in [0.15, 0.2) is 5.84 Å². The molecule has 1 aromatic heterocycles. The van der Waals surface area contributed by atoms with Gasteiger partial charge in [0.05, 0.1) is 16.3 Å². The van der Waals surface area contributed by atoms with Crippen molar-refractivity contribution in [3.05, 3.63) is 52.7 Å². The fourth-order valence-electron chi connectivity index (χ4n) is 1.69. The van der Waals surface area contributed by atoms with Crippen LogP contribution in [0.25, 0.3) is 11.3 Å². The first-order valence-electron chi connectivity index (χ1n) is 5.64. The maximum absolute atomic E-state index is 12.6. The molecule has 0 unspecified atom stereocenters. The normalized spacial score (nSPS) is 12.5. The summed E-state index contributed by atoms with van der Waals surface area (Å²) in [6.07, 6.45) is -3.80. The molecular formula is C13H9ClF3N3O. The number of halogens is 4. The quantitative estimate of drug-likeness (QED) is 0.385. The minimum Gasteiger partial charge on any atom is -0.409 e. The lowest BCUT2D eigenvalue weighted by Gasteiger charge is -2.10. The van der Waals surface area contributed by atoms with Crippen LogP contribution < -0.4 is 5.73 Å². The van der Waals surface area contributed by atoms with Crippen LogP contribution in [-0.2, 0) is 6.18 Å². The van der Waals surface area contributed by atoms with E-state index in [4.69, 9.17) is 22.5 Å². The highest BCUT2D eigenvalue weighted by molar-refractivity contribution is 6.33. The summed E-state index contributed by atoms with van der Waals surface area (Å²) in [4.78, 5) is 3.75. The molecule has 0 aliphatic heterocycles. The van der Waals surface area contributed by atoms with E-state index >= 15 is 0 Å². The van der Waals surface area contributed by atoms with Crippen molar-refractivity contribution < 1.29 is 18.4 Å². The second-order valence-electron chi connectivity index (χ2n) is 4.12. The Kier molecular flexibility index (Phi) is 4.04. The van der Waals surface area contributed by atoms with Crippen LogP contribution in [0.2, 0.25) is 5.02 Å². The number of rotatable bonds is 2. The van der Waals surface area contributed by atoms with E-state index in [0.717, 1.165) is 6.07 Å². The Balaban J connectivity index is 2.48. The largest absolute Gasteiger partial charge is 0.417 e. The summed E-state index contributed by atoms with van der Waals surface area (Å²) in [5, 5.41) is 11.3. The number of benzene rings is 1. The molecule has 8 heteroatoms. The first-order chi connectivity index (χ1) is 9.82. The summed E-state index contributed by atoms with van der Waals surface area (Å²) in [7, 11) is 0. The monoisotopic (exact) mass is 315 g/mol. The maximum atomic E-state index is 12.6. The highest BCUT2D eigenvalue weighted by atomic mass is 35.5. The number of oxime groups is 1. The van der Waals surface area contributed by atoms with E-state index in [1.165, 1.54) is 6.07 Å². The Morgan fingerprint density at radius 1 is 1.29 bits per heavy atom. The first-order valence-corrected chi connectivity index (χ1v) is 6.02. The van der Waals surface area contributed by atoms with Gasteiger partial charge < -0.3 is 10.9 Å². The fourth-order valence-corrected chi connectivity index (χ4v) is 1.96. The van der Waals surface area contributed by atoms with Gasteiger partial charge in [-0.2, -0.15) is 13.2 Å². The summed E-state index contributed by atoms with van der Waals surface area (Å²) in [5.41, 5.74) is 5.56. The lowest BCUT2D eigenvalue weighted by molar-refractivity contribution is -0.137. The lowest BCUT2D eigenvalue weighted by Crippen LogP contribution is -2.12. The third kappa shape index (κ3) is 3.25. The summed E-state index contributed by atoms with van der Waals surface area (Å²) >= 11 is 5.86. The van der Waals surface area contributed by atoms with Crippen LogP contribution in [0.1, 0.15) is 11.1 Å². The number of amidine groups is 1. The molecule has 0 spiro atoms. The molecule has 3 N–H and O–H groups in total. The van der Waals surface area contributed by atoms with Crippen molar-refractivity contribution in [3.8, 4) is 11.3 Å². The topological polar surface area (TPSA) is 71.5 Å². The molecule has 0 aliphatic carbocycles. The number of hydrogen-bond acceptors (Lipinski definition) is 3. The Morgan fingerprint density at radius 2 is 2.00 bits per heavy atom. The molecule has 4 nitrogen and oxygen atoms in total. The molecule has 1 aromatic carbocycles. The molecule has 2 aromatic rings. The predicted octanol–water partition coefficient (Wildman–Crippen LogP) is 3.52. The second kappa shape index (κ2) is 5.61. The molecular weight excluding hydrogens is 307 g/mol. The smallest absolute Gasteiger partial charge is 0.409 e. The standard InChI is InChI=1S/C13H9ClF3N3O/c14-10-5-9(13(15,16)17)6-19-11(10)7-2-1-3-8(4-7)12(18)20-21/h1-6,21H,(H2,18,20). The summed E-state index contributed by atoms with van der Waals surface area (Å²) in [6.45, 7) is 0. The summed E-state index contributed by atoms with van der Waals surface area (Å²) in [5.74, 6) is -0.125. The third-order valence-electron chi connectivity index (χ3n) is 2.71. The van der Waals surface area contributed by atoms with E-state index in [0.29, 0.717) is 17.3 Å². The molecule has 0 saturated heterocycles. The molecule has 0 aliphatic rings. The zero-order valence-electron chi connectivity index (χ0n) is 10.4. The van der Waals surface area contributed by atoms with Crippen molar-refractivity contribution in [2.45, 2.75) is 6.18 Å². The lowest BCUT2D eigenvalue weighted by atomic mass is 10.1. The van der Waals surface area contributed by atoms with Gasteiger partial charge in [-0.15, -0.1) is 0 Å². The first kappa shape index (κ1) is 15.1. The van der Waals surface area contributed by atoms with E-state index in [1.54, 1.807) is 18.2 Å². The van der Waals surface area contributed by atoms with Crippen LogP contribution >= 0.6 is 11.6 Å². The molecule has 0 saturated carbocycles. The van der Waals surface area contributed by atoms with Gasteiger partial charge in [-0.05, 0) is 12.1 Å². The summed E-state index contributed by atoms with van der Waals surface area (Å²) < 4.78 is 37.7. The van der Waals surface area contributed by atoms with E-state index in [1.807, 2.05) is 0 Å². The molecule has 0 radical (unpaired) electrons. The molecule has 2 rings (SSSR count). The fraction of sp³-hybridized carbons (Fsp3) is 0.0769. The Morgan fingerprint density at radius 3 is 2.57 bits per heavy atom. The molecule has 110 valence electrons. The highest BCUT2D eigenvalue weighted by Gasteiger charge is 2.31. The van der Waals surface area contributed by atoms with Crippen molar-refractivity contribution in [1.82, 2.24) is 4.98 Å². The van der Waals surface area contributed by atoms with Gasteiger partial charge in [-0.25, -0.2) is 0 Å². The van der Waals surface area contributed by atoms with Gasteiger partial charge in [-0.1, -0.05) is 35.0 Å². The van der Waals surface area contributed by atoms with Crippen molar-refractivity contribution in [3.63, 3.8) is 0 Å². The number of aromatic nitrogens is 1. The van der Waals surface area contributed by atoms with Crippen molar-refractivity contribution in [2.24, 2.45) is 10.9 Å². The number of pyridine rings is 1. The highest BCUT2D eigenvalue weighted by Crippen LogP contribution is 2.34. The Hall–Kier alpha value is -2.28. The molecule has 0 bridgehead atoms. The minimum atomic E-state index is -4.51. The van der Waals surface area contributed by atoms with E-state index in [2.05, 4.69) is 10.1 Å². The summed E-state index contributed by atoms with van der Waals surface area (Å²) in [6, 6.07) is 7.10. The van der Waals surface area contributed by atoms with Gasteiger partial charge >= 0.3 is 6.18 Å². The number of nitrogens with zero attached hydrogens (tertiary/aromatic N) is 2. The maximum Gasteiger partial charge on any atom is 0.417 e. The van der Waals surface area contributed by atoms with Crippen LogP contribution in [0.15, 0.2) is 41.7 Å². The van der Waals surface area contributed by atoms with E-state index < -0.39 is 11.7 Å². The number of nitrogens with two attached hydrogens (primary N) is 1. The molecule has 21 heavy (non-hydrogen) atoms. The zero-order valence-corrected chi connectivity index (χ0v) is 11.2. The average molecular weight is 316 g/mol. The minimum absolute atomic E-state index is 0.125.